The fraction of sp³-hybridized carbons (Fsp3) is 0.200. The first kappa shape index (κ1) is 13.0. The van der Waals surface area contributed by atoms with Gasteiger partial charge in [0.2, 0.25) is 0 Å². The van der Waals surface area contributed by atoms with Crippen molar-refractivity contribution in [1.82, 2.24) is 0 Å². The van der Waals surface area contributed by atoms with Crippen LogP contribution >= 0.6 is 11.6 Å². The summed E-state index contributed by atoms with van der Waals surface area (Å²) in [4.78, 5) is 0. The summed E-state index contributed by atoms with van der Waals surface area (Å²) in [6, 6.07) is 10.3. The SMILES string of the molecule is CC(C)c1c(F)c(Cl)cc(-c2ccccc2)c1F. The Bertz CT molecular complexity index is 562. The highest BCUT2D eigenvalue weighted by atomic mass is 35.5. The van der Waals surface area contributed by atoms with Crippen molar-refractivity contribution in [3.63, 3.8) is 0 Å². The molecule has 3 heteroatoms. The van der Waals surface area contributed by atoms with E-state index in [2.05, 4.69) is 0 Å². The second-order valence-corrected chi connectivity index (χ2v) is 4.88. The third-order valence-corrected chi connectivity index (χ3v) is 3.13. The van der Waals surface area contributed by atoms with Crippen LogP contribution in [-0.2, 0) is 0 Å². The van der Waals surface area contributed by atoms with Gasteiger partial charge in [-0.2, -0.15) is 0 Å². The lowest BCUT2D eigenvalue weighted by molar-refractivity contribution is 0.544. The second kappa shape index (κ2) is 5.07. The number of halogens is 3. The van der Waals surface area contributed by atoms with E-state index in [-0.39, 0.29) is 16.5 Å². The summed E-state index contributed by atoms with van der Waals surface area (Å²) in [5.41, 5.74) is 1.07. The third-order valence-electron chi connectivity index (χ3n) is 2.85. The third kappa shape index (κ3) is 2.25. The van der Waals surface area contributed by atoms with Gasteiger partial charge in [-0.25, -0.2) is 8.78 Å². The maximum atomic E-state index is 14.4. The molecule has 0 spiro atoms. The monoisotopic (exact) mass is 266 g/mol. The van der Waals surface area contributed by atoms with Gasteiger partial charge in [-0.05, 0) is 17.5 Å². The molecule has 0 saturated carbocycles. The van der Waals surface area contributed by atoms with E-state index >= 15 is 0 Å². The van der Waals surface area contributed by atoms with Gasteiger partial charge < -0.3 is 0 Å². The van der Waals surface area contributed by atoms with Crippen molar-refractivity contribution in [2.75, 3.05) is 0 Å². The molecule has 0 unspecified atom stereocenters. The lowest BCUT2D eigenvalue weighted by Gasteiger charge is -2.14. The molecule has 18 heavy (non-hydrogen) atoms. The molecule has 0 N–H and O–H groups in total. The number of hydrogen-bond acceptors (Lipinski definition) is 0. The van der Waals surface area contributed by atoms with Gasteiger partial charge in [0.15, 0.2) is 0 Å². The van der Waals surface area contributed by atoms with E-state index in [4.69, 9.17) is 11.6 Å². The number of hydrogen-bond donors (Lipinski definition) is 0. The van der Waals surface area contributed by atoms with Crippen LogP contribution in [0, 0.1) is 11.6 Å². The van der Waals surface area contributed by atoms with E-state index in [1.807, 2.05) is 6.07 Å². The van der Waals surface area contributed by atoms with Gasteiger partial charge in [-0.3, -0.25) is 0 Å². The van der Waals surface area contributed by atoms with Crippen molar-refractivity contribution in [3.8, 4) is 11.1 Å². The van der Waals surface area contributed by atoms with E-state index in [0.29, 0.717) is 11.1 Å². The summed E-state index contributed by atoms with van der Waals surface area (Å²) < 4.78 is 28.2. The predicted molar refractivity (Wildman–Crippen MR) is 70.9 cm³/mol. The summed E-state index contributed by atoms with van der Waals surface area (Å²) >= 11 is 5.84. The zero-order valence-electron chi connectivity index (χ0n) is 10.2. The predicted octanol–water partition coefficient (Wildman–Crippen LogP) is 5.41. The molecule has 0 saturated heterocycles. The normalized spacial score (nSPS) is 11.0. The van der Waals surface area contributed by atoms with Crippen LogP contribution in [0.25, 0.3) is 11.1 Å². The first-order valence-corrected chi connectivity index (χ1v) is 6.13. The molecule has 0 bridgehead atoms. The molecule has 0 nitrogen and oxygen atoms in total. The standard InChI is InChI=1S/C15H13ClF2/c1-9(2)13-14(17)11(8-12(16)15(13)18)10-6-4-3-5-7-10/h3-9H,1-2H3. The molecule has 0 aliphatic carbocycles. The van der Waals surface area contributed by atoms with Crippen molar-refractivity contribution in [2.45, 2.75) is 19.8 Å². The van der Waals surface area contributed by atoms with Gasteiger partial charge in [-0.1, -0.05) is 55.8 Å². The summed E-state index contributed by atoms with van der Waals surface area (Å²) in [6.45, 7) is 3.49. The van der Waals surface area contributed by atoms with Gasteiger partial charge in [0.05, 0.1) is 5.02 Å². The molecule has 0 aliphatic rings. The Hall–Kier alpha value is -1.41. The lowest BCUT2D eigenvalue weighted by Crippen LogP contribution is -2.01. The molecule has 2 aromatic rings. The maximum Gasteiger partial charge on any atom is 0.148 e. The van der Waals surface area contributed by atoms with Crippen LogP contribution in [0.5, 0.6) is 0 Å². The van der Waals surface area contributed by atoms with Crippen molar-refractivity contribution in [3.05, 3.63) is 58.6 Å². The van der Waals surface area contributed by atoms with Crippen molar-refractivity contribution in [1.29, 1.82) is 0 Å². The van der Waals surface area contributed by atoms with Crippen LogP contribution in [0.2, 0.25) is 5.02 Å². The first-order chi connectivity index (χ1) is 8.52. The molecule has 0 radical (unpaired) electrons. The Labute approximate surface area is 110 Å². The zero-order chi connectivity index (χ0) is 13.3. The van der Waals surface area contributed by atoms with Crippen LogP contribution in [0.1, 0.15) is 25.3 Å². The minimum absolute atomic E-state index is 0.0426. The molecule has 0 heterocycles. The van der Waals surface area contributed by atoms with E-state index < -0.39 is 11.6 Å². The molecule has 0 fully saturated rings. The average molecular weight is 267 g/mol. The summed E-state index contributed by atoms with van der Waals surface area (Å²) in [5.74, 6) is -1.45. The first-order valence-electron chi connectivity index (χ1n) is 5.75. The zero-order valence-corrected chi connectivity index (χ0v) is 10.9. The number of benzene rings is 2. The Morgan fingerprint density at radius 2 is 1.61 bits per heavy atom. The molecular formula is C15H13ClF2. The minimum atomic E-state index is -0.663. The summed E-state index contributed by atoms with van der Waals surface area (Å²) in [5, 5.41) is -0.0426. The quantitative estimate of drug-likeness (QED) is 0.638. The molecule has 0 aliphatic heterocycles. The van der Waals surface area contributed by atoms with Gasteiger partial charge in [0, 0.05) is 11.1 Å². The largest absolute Gasteiger partial charge is 0.206 e. The fourth-order valence-electron chi connectivity index (χ4n) is 1.96. The Morgan fingerprint density at radius 3 is 2.17 bits per heavy atom. The van der Waals surface area contributed by atoms with Crippen LogP contribution in [0.15, 0.2) is 36.4 Å². The van der Waals surface area contributed by atoms with Gasteiger partial charge in [0.25, 0.3) is 0 Å². The van der Waals surface area contributed by atoms with E-state index in [1.54, 1.807) is 38.1 Å². The molecule has 2 rings (SSSR count). The molecule has 94 valence electrons. The Morgan fingerprint density at radius 1 is 1.00 bits per heavy atom. The Kier molecular flexibility index (Phi) is 3.67. The van der Waals surface area contributed by atoms with Crippen LogP contribution in [0.4, 0.5) is 8.78 Å². The highest BCUT2D eigenvalue weighted by Crippen LogP contribution is 2.34. The van der Waals surface area contributed by atoms with E-state index in [1.165, 1.54) is 6.07 Å². The molecule has 2 aromatic carbocycles. The lowest BCUT2D eigenvalue weighted by atomic mass is 9.95. The topological polar surface area (TPSA) is 0 Å². The maximum absolute atomic E-state index is 14.4. The van der Waals surface area contributed by atoms with Crippen molar-refractivity contribution < 1.29 is 8.78 Å². The smallest absolute Gasteiger partial charge is 0.148 e. The van der Waals surface area contributed by atoms with Crippen LogP contribution in [0.3, 0.4) is 0 Å². The van der Waals surface area contributed by atoms with Gasteiger partial charge >= 0.3 is 0 Å². The average Bonchev–Trinajstić information content (AvgIpc) is 2.34. The minimum Gasteiger partial charge on any atom is -0.206 e. The summed E-state index contributed by atoms with van der Waals surface area (Å²) in [7, 11) is 0. The van der Waals surface area contributed by atoms with Crippen molar-refractivity contribution >= 4 is 11.6 Å². The fourth-order valence-corrected chi connectivity index (χ4v) is 2.17. The highest BCUT2D eigenvalue weighted by Gasteiger charge is 2.20. The molecule has 0 amide bonds. The van der Waals surface area contributed by atoms with Gasteiger partial charge in [-0.15, -0.1) is 0 Å². The second-order valence-electron chi connectivity index (χ2n) is 4.47. The van der Waals surface area contributed by atoms with Gasteiger partial charge in [0.1, 0.15) is 11.6 Å². The van der Waals surface area contributed by atoms with Crippen molar-refractivity contribution in [2.24, 2.45) is 0 Å². The van der Waals surface area contributed by atoms with Crippen LogP contribution < -0.4 is 0 Å². The van der Waals surface area contributed by atoms with Crippen LogP contribution in [-0.4, -0.2) is 0 Å². The molecule has 0 atom stereocenters. The Balaban J connectivity index is 2.71. The molecule has 0 aromatic heterocycles. The highest BCUT2D eigenvalue weighted by molar-refractivity contribution is 6.31. The number of rotatable bonds is 2. The summed E-state index contributed by atoms with van der Waals surface area (Å²) in [6.07, 6.45) is 0. The van der Waals surface area contributed by atoms with E-state index in [0.717, 1.165) is 0 Å². The van der Waals surface area contributed by atoms with E-state index in [9.17, 15) is 8.78 Å². The molecular weight excluding hydrogens is 254 g/mol.